The average molecular weight is 74.1 g/mol. The van der Waals surface area contributed by atoms with E-state index in [2.05, 4.69) is 0 Å². The molecule has 0 saturated heterocycles. The molecule has 0 aliphatic rings. The van der Waals surface area contributed by atoms with Crippen molar-refractivity contribution in [2.24, 2.45) is 0 Å². The van der Waals surface area contributed by atoms with Crippen molar-refractivity contribution in [3.05, 3.63) is 5.21 Å². The van der Waals surface area contributed by atoms with E-state index < -0.39 is 0 Å². The first-order valence-corrected chi connectivity index (χ1v) is 1.76. The molecule has 0 unspecified atom stereocenters. The van der Waals surface area contributed by atoms with Crippen LogP contribution < -0.4 is 5.48 Å². The van der Waals surface area contributed by atoms with Crippen LogP contribution >= 0.6 is 0 Å². The Kier molecular flexibility index (Phi) is 3.86. The van der Waals surface area contributed by atoms with Crippen molar-refractivity contribution < 1.29 is 0 Å². The van der Waals surface area contributed by atoms with E-state index in [1.807, 2.05) is 6.92 Å². The fourth-order valence-corrected chi connectivity index (χ4v) is 0.102. The second kappa shape index (κ2) is 3.92. The van der Waals surface area contributed by atoms with E-state index in [4.69, 9.17) is 0 Å². The van der Waals surface area contributed by atoms with Crippen molar-refractivity contribution in [2.45, 2.75) is 13.3 Å². The molecule has 1 N–H and O–H groups in total. The van der Waals surface area contributed by atoms with Crippen LogP contribution in [0, 0.1) is 5.21 Å². The van der Waals surface area contributed by atoms with Crippen molar-refractivity contribution in [3.63, 3.8) is 0 Å². The summed E-state index contributed by atoms with van der Waals surface area (Å²) in [4.78, 5) is 0. The summed E-state index contributed by atoms with van der Waals surface area (Å²) in [7, 11) is 0. The monoisotopic (exact) mass is 74.1 g/mol. The van der Waals surface area contributed by atoms with Crippen LogP contribution in [0.4, 0.5) is 0 Å². The van der Waals surface area contributed by atoms with Gasteiger partial charge in [0.1, 0.15) is 0 Å². The molecule has 0 aromatic heterocycles. The predicted molar refractivity (Wildman–Crippen MR) is 21.7 cm³/mol. The van der Waals surface area contributed by atoms with Gasteiger partial charge in [-0.1, -0.05) is 6.92 Å². The van der Waals surface area contributed by atoms with E-state index in [0.717, 1.165) is 6.42 Å². The summed E-state index contributed by atoms with van der Waals surface area (Å²) in [6, 6.07) is 0. The fraction of sp³-hybridized carbons (Fsp3) is 1.00. The molecule has 0 heterocycles. The zero-order valence-corrected chi connectivity index (χ0v) is 3.32. The van der Waals surface area contributed by atoms with Crippen molar-refractivity contribution in [1.29, 1.82) is 0 Å². The summed E-state index contributed by atoms with van der Waals surface area (Å²) in [5.41, 5.74) is 1.77. The molecule has 0 atom stereocenters. The molecule has 5 heavy (non-hydrogen) atoms. The second-order valence-electron chi connectivity index (χ2n) is 0.894. The van der Waals surface area contributed by atoms with Gasteiger partial charge in [-0.25, -0.2) is 0 Å². The number of hydrogen-bond donors (Lipinski definition) is 1. The normalized spacial score (nSPS) is 8.40. The van der Waals surface area contributed by atoms with Gasteiger partial charge in [0.15, 0.2) is 0 Å². The number of rotatable bonds is 2. The third-order valence-corrected chi connectivity index (χ3v) is 0.352. The smallest absolute Gasteiger partial charge is 0.0172 e. The Hall–Kier alpha value is -0.0800. The highest BCUT2D eigenvalue weighted by Crippen LogP contribution is 1.63. The zero-order chi connectivity index (χ0) is 4.12. The lowest BCUT2D eigenvalue weighted by Crippen LogP contribution is -2.01. The molecule has 0 aliphatic carbocycles. The molecule has 32 valence electrons. The second-order valence-corrected chi connectivity index (χ2v) is 0.894. The van der Waals surface area contributed by atoms with Crippen LogP contribution in [-0.4, -0.2) is 6.54 Å². The Morgan fingerprint density at radius 2 is 2.40 bits per heavy atom. The quantitative estimate of drug-likeness (QED) is 0.483. The SMILES string of the molecule is CCCN[O-]. The Bertz CT molecular complexity index is 14.4. The standard InChI is InChI=1S/C3H8NO/c1-2-3-4-5/h4H,2-3H2,1H3/q-1. The number of nitrogens with one attached hydrogen (secondary N) is 1. The first-order valence-electron chi connectivity index (χ1n) is 1.76. The van der Waals surface area contributed by atoms with Crippen LogP contribution in [0.5, 0.6) is 0 Å². The molecule has 0 spiro atoms. The topological polar surface area (TPSA) is 35.1 Å². The Balaban J connectivity index is 2.19. The first kappa shape index (κ1) is 4.92. The molecule has 0 fully saturated rings. The predicted octanol–water partition coefficient (Wildman–Crippen LogP) is 0.484. The Morgan fingerprint density at radius 3 is 2.40 bits per heavy atom. The maximum absolute atomic E-state index is 9.28. The fourth-order valence-electron chi connectivity index (χ4n) is 0.102. The third kappa shape index (κ3) is 3.92. The van der Waals surface area contributed by atoms with Gasteiger partial charge in [-0.15, -0.1) is 0 Å². The zero-order valence-electron chi connectivity index (χ0n) is 3.32. The third-order valence-electron chi connectivity index (χ3n) is 0.352. The van der Waals surface area contributed by atoms with E-state index in [1.165, 1.54) is 0 Å². The van der Waals surface area contributed by atoms with Crippen LogP contribution in [0.2, 0.25) is 0 Å². The van der Waals surface area contributed by atoms with Crippen LogP contribution in [0.1, 0.15) is 13.3 Å². The highest BCUT2D eigenvalue weighted by atomic mass is 16.5. The van der Waals surface area contributed by atoms with Crippen molar-refractivity contribution in [3.8, 4) is 0 Å². The van der Waals surface area contributed by atoms with E-state index in [-0.39, 0.29) is 0 Å². The van der Waals surface area contributed by atoms with Gasteiger partial charge in [0.2, 0.25) is 0 Å². The van der Waals surface area contributed by atoms with Gasteiger partial charge in [0.25, 0.3) is 0 Å². The van der Waals surface area contributed by atoms with E-state index >= 15 is 0 Å². The average Bonchev–Trinajstić information content (AvgIpc) is 1.41. The summed E-state index contributed by atoms with van der Waals surface area (Å²) < 4.78 is 0. The highest BCUT2D eigenvalue weighted by Gasteiger charge is 1.59. The van der Waals surface area contributed by atoms with Gasteiger partial charge in [-0.2, -0.15) is 0 Å². The van der Waals surface area contributed by atoms with Crippen LogP contribution in [0.25, 0.3) is 0 Å². The highest BCUT2D eigenvalue weighted by molar-refractivity contribution is 4.36. The van der Waals surface area contributed by atoms with Crippen molar-refractivity contribution in [1.82, 2.24) is 5.48 Å². The molecular weight excluding hydrogens is 66.0 g/mol. The van der Waals surface area contributed by atoms with Crippen molar-refractivity contribution >= 4 is 0 Å². The van der Waals surface area contributed by atoms with Gasteiger partial charge in [-0.3, -0.25) is 0 Å². The van der Waals surface area contributed by atoms with Gasteiger partial charge in [0, 0.05) is 0 Å². The first-order chi connectivity index (χ1) is 2.41. The van der Waals surface area contributed by atoms with Crippen LogP contribution in [0.3, 0.4) is 0 Å². The maximum atomic E-state index is 9.28. The number of hydroxylamine groups is 1. The molecule has 0 amide bonds. The maximum Gasteiger partial charge on any atom is -0.0172 e. The lowest BCUT2D eigenvalue weighted by molar-refractivity contribution is 0.813. The molecular formula is C3H8NO-. The molecule has 0 radical (unpaired) electrons. The van der Waals surface area contributed by atoms with E-state index in [1.54, 1.807) is 5.48 Å². The lowest BCUT2D eigenvalue weighted by Gasteiger charge is -2.00. The van der Waals surface area contributed by atoms with Crippen molar-refractivity contribution in [2.75, 3.05) is 6.54 Å². The molecule has 2 heteroatoms. The van der Waals surface area contributed by atoms with Gasteiger partial charge >= 0.3 is 0 Å². The summed E-state index contributed by atoms with van der Waals surface area (Å²) in [6.07, 6.45) is 0.920. The molecule has 0 aromatic rings. The molecule has 0 rings (SSSR count). The van der Waals surface area contributed by atoms with Crippen LogP contribution in [0.15, 0.2) is 0 Å². The van der Waals surface area contributed by atoms with Gasteiger partial charge in [0.05, 0.1) is 0 Å². The van der Waals surface area contributed by atoms with Gasteiger partial charge < -0.3 is 10.7 Å². The molecule has 0 aliphatic heterocycles. The minimum Gasteiger partial charge on any atom is -0.788 e. The van der Waals surface area contributed by atoms with E-state index in [9.17, 15) is 5.21 Å². The Morgan fingerprint density at radius 1 is 1.80 bits per heavy atom. The minimum atomic E-state index is 0.583. The number of hydrogen-bond acceptors (Lipinski definition) is 2. The summed E-state index contributed by atoms with van der Waals surface area (Å²) in [6.45, 7) is 2.53. The molecule has 0 saturated carbocycles. The molecule has 0 bridgehead atoms. The van der Waals surface area contributed by atoms with Gasteiger partial charge in [-0.05, 0) is 13.0 Å². The summed E-state index contributed by atoms with van der Waals surface area (Å²) >= 11 is 0. The lowest BCUT2D eigenvalue weighted by atomic mass is 10.5. The van der Waals surface area contributed by atoms with Crippen LogP contribution in [-0.2, 0) is 0 Å². The molecule has 0 aromatic carbocycles. The minimum absolute atomic E-state index is 0.583. The largest absolute Gasteiger partial charge is 0.788 e. The summed E-state index contributed by atoms with van der Waals surface area (Å²) in [5.74, 6) is 0. The summed E-state index contributed by atoms with van der Waals surface area (Å²) in [5, 5.41) is 9.28. The molecule has 2 nitrogen and oxygen atoms in total. The van der Waals surface area contributed by atoms with E-state index in [0.29, 0.717) is 6.54 Å². The Labute approximate surface area is 31.8 Å².